The highest BCUT2D eigenvalue weighted by Gasteiger charge is 2.36. The predicted molar refractivity (Wildman–Crippen MR) is 169 cm³/mol. The van der Waals surface area contributed by atoms with Crippen LogP contribution in [0, 0.1) is 0 Å². The number of hydrogen-bond donors (Lipinski definition) is 1. The van der Waals surface area contributed by atoms with Crippen LogP contribution in [0.2, 0.25) is 0 Å². The van der Waals surface area contributed by atoms with E-state index in [-0.39, 0.29) is 18.5 Å². The number of carbonyl (C=O) groups is 2. The summed E-state index contributed by atoms with van der Waals surface area (Å²) in [5.41, 5.74) is 0.444. The maximum absolute atomic E-state index is 13.0. The summed E-state index contributed by atoms with van der Waals surface area (Å²) >= 11 is 0. The molecule has 3 aromatic rings. The molecule has 2 amide bonds. The van der Waals surface area contributed by atoms with E-state index < -0.39 is 11.6 Å². The van der Waals surface area contributed by atoms with Crippen LogP contribution in [0.15, 0.2) is 103 Å². The van der Waals surface area contributed by atoms with Gasteiger partial charge >= 0.3 is 12.0 Å². The number of likely N-dealkylation sites (N-methyl/N-ethyl adjacent to an activating group) is 1. The van der Waals surface area contributed by atoms with Gasteiger partial charge in [-0.1, -0.05) is 54.6 Å². The first kappa shape index (κ1) is 30.7. The van der Waals surface area contributed by atoms with Gasteiger partial charge in [-0.3, -0.25) is 0 Å². The third-order valence-corrected chi connectivity index (χ3v) is 8.01. The monoisotopic (exact) mass is 596 g/mol. The first-order chi connectivity index (χ1) is 21.3. The quantitative estimate of drug-likeness (QED) is 0.232. The molecule has 1 N–H and O–H groups in total. The molecule has 44 heavy (non-hydrogen) atoms. The fourth-order valence-corrected chi connectivity index (χ4v) is 5.47. The zero-order chi connectivity index (χ0) is 30.9. The second-order valence-electron chi connectivity index (χ2n) is 11.5. The van der Waals surface area contributed by atoms with E-state index >= 15 is 0 Å². The summed E-state index contributed by atoms with van der Waals surface area (Å²) in [7, 11) is 1.84. The summed E-state index contributed by atoms with van der Waals surface area (Å²) in [4.78, 5) is 28.7. The summed E-state index contributed by atoms with van der Waals surface area (Å²) < 4.78 is 18.0. The molecule has 1 aliphatic carbocycles. The van der Waals surface area contributed by atoms with Crippen LogP contribution in [0.1, 0.15) is 43.7 Å². The maximum Gasteiger partial charge on any atom is 0.348 e. The molecule has 8 nitrogen and oxygen atoms in total. The highest BCUT2D eigenvalue weighted by molar-refractivity contribution is 5.78. The number of carboxylic acids is 1. The van der Waals surface area contributed by atoms with E-state index in [1.165, 1.54) is 0 Å². The lowest BCUT2D eigenvalue weighted by Crippen LogP contribution is -2.43. The predicted octanol–water partition coefficient (Wildman–Crippen LogP) is 6.86. The van der Waals surface area contributed by atoms with Crippen LogP contribution >= 0.6 is 0 Å². The van der Waals surface area contributed by atoms with E-state index in [1.54, 1.807) is 24.0 Å². The molecule has 0 spiro atoms. The molecule has 1 aliphatic heterocycles. The molecule has 1 unspecified atom stereocenters. The Labute approximate surface area is 259 Å². The Morgan fingerprint density at radius 2 is 1.75 bits per heavy atom. The molecule has 230 valence electrons. The largest absolute Gasteiger partial charge is 0.494 e. The van der Waals surface area contributed by atoms with Crippen molar-refractivity contribution in [2.24, 2.45) is 0 Å². The lowest BCUT2D eigenvalue weighted by atomic mass is 9.96. The first-order valence-electron chi connectivity index (χ1n) is 15.1. The van der Waals surface area contributed by atoms with Crippen LogP contribution in [0.5, 0.6) is 17.2 Å². The zero-order valence-corrected chi connectivity index (χ0v) is 25.4. The smallest absolute Gasteiger partial charge is 0.348 e. The molecule has 1 heterocycles. The second-order valence-corrected chi connectivity index (χ2v) is 11.5. The minimum absolute atomic E-state index is 0.00138. The Morgan fingerprint density at radius 3 is 2.52 bits per heavy atom. The van der Waals surface area contributed by atoms with Gasteiger partial charge in [-0.2, -0.15) is 0 Å². The Kier molecular flexibility index (Phi) is 9.89. The number of urea groups is 1. The van der Waals surface area contributed by atoms with E-state index in [0.717, 1.165) is 41.9 Å². The number of nitrogens with zero attached hydrogens (tertiary/aromatic N) is 2. The molecule has 8 heteroatoms. The van der Waals surface area contributed by atoms with E-state index in [0.29, 0.717) is 37.6 Å². The Bertz CT molecular complexity index is 1490. The summed E-state index contributed by atoms with van der Waals surface area (Å²) in [6, 6.07) is 24.4. The average molecular weight is 597 g/mol. The molecule has 0 saturated carbocycles. The number of para-hydroxylation sites is 1. The van der Waals surface area contributed by atoms with Crippen molar-refractivity contribution in [1.82, 2.24) is 9.80 Å². The number of ether oxygens (including phenoxy) is 3. The number of amides is 2. The summed E-state index contributed by atoms with van der Waals surface area (Å²) in [5.74, 6) is 1.91. The summed E-state index contributed by atoms with van der Waals surface area (Å²) in [6.45, 7) is 3.16. The van der Waals surface area contributed by atoms with Crippen LogP contribution in [0.25, 0.3) is 0 Å². The average Bonchev–Trinajstić information content (AvgIpc) is 3.16. The summed E-state index contributed by atoms with van der Waals surface area (Å²) in [5, 5.41) is 9.86. The van der Waals surface area contributed by atoms with Gasteiger partial charge in [0.2, 0.25) is 5.60 Å². The van der Waals surface area contributed by atoms with E-state index in [9.17, 15) is 14.7 Å². The van der Waals surface area contributed by atoms with E-state index in [4.69, 9.17) is 14.2 Å². The lowest BCUT2D eigenvalue weighted by molar-refractivity contribution is -0.153. The van der Waals surface area contributed by atoms with Gasteiger partial charge in [0.05, 0.1) is 12.6 Å². The van der Waals surface area contributed by atoms with Gasteiger partial charge < -0.3 is 29.1 Å². The van der Waals surface area contributed by atoms with Gasteiger partial charge in [-0.05, 0) is 73.4 Å². The van der Waals surface area contributed by atoms with Gasteiger partial charge in [0.15, 0.2) is 0 Å². The molecule has 2 aliphatic rings. The van der Waals surface area contributed by atoms with Crippen LogP contribution in [-0.4, -0.2) is 58.7 Å². The minimum Gasteiger partial charge on any atom is -0.494 e. The number of hydrogen-bond acceptors (Lipinski definition) is 5. The van der Waals surface area contributed by atoms with Crippen molar-refractivity contribution < 1.29 is 28.9 Å². The van der Waals surface area contributed by atoms with E-state index in [1.807, 2.05) is 90.8 Å². The van der Waals surface area contributed by atoms with Crippen molar-refractivity contribution in [3.63, 3.8) is 0 Å². The normalized spacial score (nSPS) is 17.9. The van der Waals surface area contributed by atoms with Crippen molar-refractivity contribution in [2.75, 3.05) is 20.2 Å². The fourth-order valence-electron chi connectivity index (χ4n) is 5.47. The third kappa shape index (κ3) is 8.01. The topological polar surface area (TPSA) is 88.5 Å². The van der Waals surface area contributed by atoms with Gasteiger partial charge in [0.1, 0.15) is 23.0 Å². The second kappa shape index (κ2) is 14.2. The zero-order valence-electron chi connectivity index (χ0n) is 25.4. The van der Waals surface area contributed by atoms with Gasteiger partial charge in [-0.25, -0.2) is 9.59 Å². The van der Waals surface area contributed by atoms with Gasteiger partial charge in [0, 0.05) is 39.4 Å². The molecular weight excluding hydrogens is 556 g/mol. The lowest BCUT2D eigenvalue weighted by Gasteiger charge is -2.26. The number of carboxylic acid groups (broad SMARTS) is 1. The SMILES string of the molecule is CN1C(=O)N(Cc2cccc(OC3=CC=CCCC3)c2)CC1CCOc1ccc(C[C@](C)(Oc2ccccc2)C(=O)O)cc1. The molecule has 1 saturated heterocycles. The fraction of sp³-hybridized carbons (Fsp3) is 0.333. The molecule has 1 fully saturated rings. The highest BCUT2D eigenvalue weighted by Crippen LogP contribution is 2.26. The molecular formula is C36H40N2O6. The first-order valence-corrected chi connectivity index (χ1v) is 15.1. The molecule has 2 atom stereocenters. The summed E-state index contributed by atoms with van der Waals surface area (Å²) in [6.07, 6.45) is 10.2. The highest BCUT2D eigenvalue weighted by atomic mass is 16.5. The van der Waals surface area contributed by atoms with Crippen LogP contribution in [0.3, 0.4) is 0 Å². The Morgan fingerprint density at radius 1 is 0.977 bits per heavy atom. The standard InChI is InChI=1S/C36H40N2O6/c1-36(34(39)40,44-32-14-8-5-9-15-32)24-27-17-19-30(20-18-27)42-22-21-29-26-38(35(41)37(29)2)25-28-11-10-16-33(23-28)43-31-12-6-3-4-7-13-31/h3,5-6,8-12,14-20,23,29H,4,7,13,21-22,24-26H2,1-2H3,(H,39,40)/t29?,36-/m0/s1. The minimum atomic E-state index is -1.41. The van der Waals surface area contributed by atoms with Gasteiger partial charge in [-0.15, -0.1) is 0 Å². The number of benzene rings is 3. The van der Waals surface area contributed by atoms with Crippen molar-refractivity contribution in [2.45, 2.75) is 57.2 Å². The molecule has 5 rings (SSSR count). The number of allylic oxidation sites excluding steroid dienone is 4. The Balaban J connectivity index is 1.10. The molecule has 0 radical (unpaired) electrons. The number of rotatable bonds is 13. The van der Waals surface area contributed by atoms with Crippen molar-refractivity contribution in [1.29, 1.82) is 0 Å². The molecule has 0 bridgehead atoms. The van der Waals surface area contributed by atoms with Crippen molar-refractivity contribution >= 4 is 12.0 Å². The maximum atomic E-state index is 13.0. The number of aliphatic carboxylic acids is 1. The molecule has 0 aromatic heterocycles. The third-order valence-electron chi connectivity index (χ3n) is 8.01. The number of carbonyl (C=O) groups excluding carboxylic acids is 1. The van der Waals surface area contributed by atoms with Gasteiger partial charge in [0.25, 0.3) is 0 Å². The molecule has 3 aromatic carbocycles. The van der Waals surface area contributed by atoms with E-state index in [2.05, 4.69) is 6.08 Å². The van der Waals surface area contributed by atoms with Crippen molar-refractivity contribution in [3.05, 3.63) is 114 Å². The van der Waals surface area contributed by atoms with Crippen LogP contribution < -0.4 is 14.2 Å². The van der Waals surface area contributed by atoms with Crippen molar-refractivity contribution in [3.8, 4) is 17.2 Å². The van der Waals surface area contributed by atoms with Crippen LogP contribution in [0.4, 0.5) is 4.79 Å². The van der Waals surface area contributed by atoms with Crippen LogP contribution in [-0.2, 0) is 17.8 Å². The Hall–Kier alpha value is -4.72.